The fourth-order valence-electron chi connectivity index (χ4n) is 1.77. The minimum atomic E-state index is -0.561. The Morgan fingerprint density at radius 1 is 1.56 bits per heavy atom. The van der Waals surface area contributed by atoms with Crippen molar-refractivity contribution in [1.29, 1.82) is 0 Å². The zero-order chi connectivity index (χ0) is 13.1. The summed E-state index contributed by atoms with van der Waals surface area (Å²) in [7, 11) is 0. The molecule has 7 nitrogen and oxygen atoms in total. The highest BCUT2D eigenvalue weighted by atomic mass is 16.6. The summed E-state index contributed by atoms with van der Waals surface area (Å²) in [5.41, 5.74) is 5.84. The van der Waals surface area contributed by atoms with Gasteiger partial charge in [0.15, 0.2) is 0 Å². The summed E-state index contributed by atoms with van der Waals surface area (Å²) in [5.74, 6) is -0.410. The highest BCUT2D eigenvalue weighted by Crippen LogP contribution is 2.20. The molecule has 0 bridgehead atoms. The van der Waals surface area contributed by atoms with Crippen LogP contribution in [0.1, 0.15) is 16.8 Å². The standard InChI is InChI=1S/C11H13N3O4/c12-10-2-1-8(14(16)17)5-9(10)11(15)13-7-3-4-18-6-7/h1-2,5,7H,3-4,6,12H2,(H,13,15). The largest absolute Gasteiger partial charge is 0.398 e. The lowest BCUT2D eigenvalue weighted by Crippen LogP contribution is -2.35. The summed E-state index contributed by atoms with van der Waals surface area (Å²) in [4.78, 5) is 22.0. The van der Waals surface area contributed by atoms with Crippen LogP contribution in [0, 0.1) is 10.1 Å². The molecule has 1 aromatic rings. The molecule has 7 heteroatoms. The maximum Gasteiger partial charge on any atom is 0.270 e. The van der Waals surface area contributed by atoms with Crippen molar-refractivity contribution >= 4 is 17.3 Å². The Morgan fingerprint density at radius 3 is 2.94 bits per heavy atom. The average Bonchev–Trinajstić information content (AvgIpc) is 2.81. The molecule has 0 radical (unpaired) electrons. The van der Waals surface area contributed by atoms with Gasteiger partial charge in [-0.1, -0.05) is 0 Å². The topological polar surface area (TPSA) is 107 Å². The Labute approximate surface area is 103 Å². The number of nitrogens with one attached hydrogen (secondary N) is 1. The molecule has 0 aromatic heterocycles. The van der Waals surface area contributed by atoms with Gasteiger partial charge < -0.3 is 15.8 Å². The van der Waals surface area contributed by atoms with Crippen molar-refractivity contribution in [2.75, 3.05) is 18.9 Å². The van der Waals surface area contributed by atoms with Crippen LogP contribution >= 0.6 is 0 Å². The number of nitrogen functional groups attached to an aromatic ring is 1. The van der Waals surface area contributed by atoms with E-state index in [0.717, 1.165) is 6.42 Å². The van der Waals surface area contributed by atoms with E-state index in [1.165, 1.54) is 18.2 Å². The first-order valence-corrected chi connectivity index (χ1v) is 5.50. The molecular formula is C11H13N3O4. The van der Waals surface area contributed by atoms with E-state index in [9.17, 15) is 14.9 Å². The molecular weight excluding hydrogens is 238 g/mol. The van der Waals surface area contributed by atoms with Crippen LogP contribution < -0.4 is 11.1 Å². The third kappa shape index (κ3) is 2.57. The fraction of sp³-hybridized carbons (Fsp3) is 0.364. The van der Waals surface area contributed by atoms with Crippen LogP contribution in [0.4, 0.5) is 11.4 Å². The van der Waals surface area contributed by atoms with Crippen molar-refractivity contribution in [2.45, 2.75) is 12.5 Å². The number of hydrogen-bond acceptors (Lipinski definition) is 5. The number of anilines is 1. The van der Waals surface area contributed by atoms with E-state index in [4.69, 9.17) is 10.5 Å². The quantitative estimate of drug-likeness (QED) is 0.467. The Hall–Kier alpha value is -2.15. The summed E-state index contributed by atoms with van der Waals surface area (Å²) in [6, 6.07) is 3.75. The van der Waals surface area contributed by atoms with E-state index < -0.39 is 10.8 Å². The van der Waals surface area contributed by atoms with Gasteiger partial charge >= 0.3 is 0 Å². The van der Waals surface area contributed by atoms with Gasteiger partial charge in [-0.25, -0.2) is 0 Å². The highest BCUT2D eigenvalue weighted by Gasteiger charge is 2.21. The monoisotopic (exact) mass is 251 g/mol. The number of nitro groups is 1. The molecule has 3 N–H and O–H groups in total. The number of carbonyl (C=O) groups excluding carboxylic acids is 1. The van der Waals surface area contributed by atoms with Crippen molar-refractivity contribution in [3.8, 4) is 0 Å². The lowest BCUT2D eigenvalue weighted by Gasteiger charge is -2.11. The van der Waals surface area contributed by atoms with Gasteiger partial charge in [0.2, 0.25) is 0 Å². The van der Waals surface area contributed by atoms with E-state index in [2.05, 4.69) is 5.32 Å². The third-order valence-corrected chi connectivity index (χ3v) is 2.76. The van der Waals surface area contributed by atoms with Crippen molar-refractivity contribution in [3.05, 3.63) is 33.9 Å². The highest BCUT2D eigenvalue weighted by molar-refractivity contribution is 5.99. The second-order valence-corrected chi connectivity index (χ2v) is 4.06. The molecule has 1 heterocycles. The van der Waals surface area contributed by atoms with Gasteiger partial charge in [0, 0.05) is 24.4 Å². The number of amides is 1. The Balaban J connectivity index is 2.17. The molecule has 0 spiro atoms. The first-order valence-electron chi connectivity index (χ1n) is 5.50. The smallest absolute Gasteiger partial charge is 0.270 e. The van der Waals surface area contributed by atoms with Crippen molar-refractivity contribution in [1.82, 2.24) is 5.32 Å². The van der Waals surface area contributed by atoms with Crippen LogP contribution in [0.5, 0.6) is 0 Å². The second kappa shape index (κ2) is 5.01. The molecule has 18 heavy (non-hydrogen) atoms. The van der Waals surface area contributed by atoms with Crippen LogP contribution in [-0.2, 0) is 4.74 Å². The predicted octanol–water partition coefficient (Wildman–Crippen LogP) is 0.696. The van der Waals surface area contributed by atoms with Gasteiger partial charge in [0.1, 0.15) is 0 Å². The molecule has 1 atom stereocenters. The number of benzene rings is 1. The Morgan fingerprint density at radius 2 is 2.33 bits per heavy atom. The summed E-state index contributed by atoms with van der Waals surface area (Å²) in [6.45, 7) is 1.07. The van der Waals surface area contributed by atoms with E-state index in [-0.39, 0.29) is 23.0 Å². The maximum absolute atomic E-state index is 11.9. The molecule has 0 saturated carbocycles. The zero-order valence-corrected chi connectivity index (χ0v) is 9.59. The van der Waals surface area contributed by atoms with Gasteiger partial charge in [-0.3, -0.25) is 14.9 Å². The van der Waals surface area contributed by atoms with E-state index >= 15 is 0 Å². The summed E-state index contributed by atoms with van der Waals surface area (Å²) >= 11 is 0. The first kappa shape index (κ1) is 12.3. The molecule has 1 aliphatic heterocycles. The molecule has 1 aliphatic rings. The lowest BCUT2D eigenvalue weighted by atomic mass is 10.1. The number of carbonyl (C=O) groups is 1. The van der Waals surface area contributed by atoms with Crippen LogP contribution in [0.2, 0.25) is 0 Å². The Bertz CT molecular complexity index is 483. The molecule has 0 aliphatic carbocycles. The molecule has 1 amide bonds. The number of rotatable bonds is 3. The SMILES string of the molecule is Nc1ccc([N+](=O)[O-])cc1C(=O)NC1CCOC1. The normalized spacial score (nSPS) is 18.6. The summed E-state index contributed by atoms with van der Waals surface area (Å²) < 4.78 is 5.13. The molecule has 2 rings (SSSR count). The number of ether oxygens (including phenoxy) is 1. The molecule has 1 unspecified atom stereocenters. The van der Waals surface area contributed by atoms with E-state index in [1.807, 2.05) is 0 Å². The maximum atomic E-state index is 11.9. The molecule has 96 valence electrons. The predicted molar refractivity (Wildman–Crippen MR) is 64.2 cm³/mol. The van der Waals surface area contributed by atoms with Crippen molar-refractivity contribution < 1.29 is 14.5 Å². The second-order valence-electron chi connectivity index (χ2n) is 4.06. The minimum Gasteiger partial charge on any atom is -0.398 e. The Kier molecular flexibility index (Phi) is 3.42. The molecule has 1 aromatic carbocycles. The van der Waals surface area contributed by atoms with Crippen LogP contribution in [0.3, 0.4) is 0 Å². The van der Waals surface area contributed by atoms with E-state index in [0.29, 0.717) is 13.2 Å². The van der Waals surface area contributed by atoms with Gasteiger partial charge in [-0.15, -0.1) is 0 Å². The van der Waals surface area contributed by atoms with Crippen molar-refractivity contribution in [2.24, 2.45) is 0 Å². The number of nitro benzene ring substituents is 1. The molecule has 1 saturated heterocycles. The first-order chi connectivity index (χ1) is 8.58. The van der Waals surface area contributed by atoms with Crippen molar-refractivity contribution in [3.63, 3.8) is 0 Å². The van der Waals surface area contributed by atoms with Crippen LogP contribution in [0.25, 0.3) is 0 Å². The number of nitrogens with zero attached hydrogens (tertiary/aromatic N) is 1. The van der Waals surface area contributed by atoms with Crippen LogP contribution in [0.15, 0.2) is 18.2 Å². The fourth-order valence-corrected chi connectivity index (χ4v) is 1.77. The number of hydrogen-bond donors (Lipinski definition) is 2. The van der Waals surface area contributed by atoms with Gasteiger partial charge in [-0.2, -0.15) is 0 Å². The summed E-state index contributed by atoms with van der Waals surface area (Å²) in [5, 5.41) is 13.4. The number of non-ortho nitro benzene ring substituents is 1. The minimum absolute atomic E-state index is 0.0591. The molecule has 1 fully saturated rings. The third-order valence-electron chi connectivity index (χ3n) is 2.76. The van der Waals surface area contributed by atoms with Gasteiger partial charge in [0.05, 0.1) is 23.1 Å². The lowest BCUT2D eigenvalue weighted by molar-refractivity contribution is -0.384. The van der Waals surface area contributed by atoms with Gasteiger partial charge in [0.25, 0.3) is 11.6 Å². The number of nitrogens with two attached hydrogens (primary N) is 1. The summed E-state index contributed by atoms with van der Waals surface area (Å²) in [6.07, 6.45) is 0.737. The zero-order valence-electron chi connectivity index (χ0n) is 9.59. The average molecular weight is 251 g/mol. The van der Waals surface area contributed by atoms with E-state index in [1.54, 1.807) is 0 Å². The van der Waals surface area contributed by atoms with Crippen LogP contribution in [-0.4, -0.2) is 30.1 Å². The van der Waals surface area contributed by atoms with Gasteiger partial charge in [-0.05, 0) is 12.5 Å².